The maximum Gasteiger partial charge on any atom is 0.407 e. The highest BCUT2D eigenvalue weighted by Crippen LogP contribution is 2.26. The quantitative estimate of drug-likeness (QED) is 0.818. The van der Waals surface area contributed by atoms with Gasteiger partial charge < -0.3 is 15.2 Å². The van der Waals surface area contributed by atoms with E-state index in [0.29, 0.717) is 13.0 Å². The summed E-state index contributed by atoms with van der Waals surface area (Å²) in [6, 6.07) is 19.5. The van der Waals surface area contributed by atoms with Crippen LogP contribution in [-0.4, -0.2) is 23.8 Å². The molecule has 0 bridgehead atoms. The molecule has 0 aliphatic heterocycles. The third kappa shape index (κ3) is 5.39. The van der Waals surface area contributed by atoms with Crippen molar-refractivity contribution in [1.82, 2.24) is 5.32 Å². The van der Waals surface area contributed by atoms with Crippen molar-refractivity contribution in [3.63, 3.8) is 0 Å². The molecule has 2 aromatic carbocycles. The molecule has 128 valence electrons. The van der Waals surface area contributed by atoms with E-state index in [2.05, 4.69) is 5.32 Å². The topological polar surface area (TPSA) is 58.6 Å². The van der Waals surface area contributed by atoms with Gasteiger partial charge >= 0.3 is 6.09 Å². The van der Waals surface area contributed by atoms with E-state index >= 15 is 0 Å². The van der Waals surface area contributed by atoms with E-state index in [-0.39, 0.29) is 6.61 Å². The van der Waals surface area contributed by atoms with Crippen molar-refractivity contribution < 1.29 is 14.6 Å². The highest BCUT2D eigenvalue weighted by atomic mass is 16.5. The molecule has 0 saturated carbocycles. The fraction of sp³-hybridized carbons (Fsp3) is 0.350. The van der Waals surface area contributed by atoms with Gasteiger partial charge in [-0.3, -0.25) is 0 Å². The minimum absolute atomic E-state index is 0.233. The summed E-state index contributed by atoms with van der Waals surface area (Å²) in [5.74, 6) is 0. The Balaban J connectivity index is 1.87. The molecule has 0 aliphatic rings. The van der Waals surface area contributed by atoms with Crippen LogP contribution in [0, 0.1) is 5.41 Å². The molecule has 0 aliphatic carbocycles. The van der Waals surface area contributed by atoms with Gasteiger partial charge in [0.15, 0.2) is 0 Å². The Morgan fingerprint density at radius 2 is 1.62 bits per heavy atom. The highest BCUT2D eigenvalue weighted by molar-refractivity contribution is 5.67. The first-order valence-corrected chi connectivity index (χ1v) is 8.16. The maximum absolute atomic E-state index is 11.9. The molecule has 4 heteroatoms. The Kier molecular flexibility index (Phi) is 6.38. The number of carbonyl (C=O) groups is 1. The summed E-state index contributed by atoms with van der Waals surface area (Å²) in [5.41, 5.74) is 1.60. The number of benzene rings is 2. The molecule has 24 heavy (non-hydrogen) atoms. The van der Waals surface area contributed by atoms with Gasteiger partial charge in [-0.2, -0.15) is 0 Å². The number of ether oxygens (including phenoxy) is 1. The minimum Gasteiger partial charge on any atom is -0.445 e. The molecule has 0 spiro atoms. The van der Waals surface area contributed by atoms with Crippen LogP contribution in [0.3, 0.4) is 0 Å². The van der Waals surface area contributed by atoms with Gasteiger partial charge in [0.25, 0.3) is 0 Å². The molecule has 2 atom stereocenters. The lowest BCUT2D eigenvalue weighted by molar-refractivity contribution is 0.0499. The van der Waals surface area contributed by atoms with Crippen LogP contribution in [-0.2, 0) is 17.8 Å². The van der Waals surface area contributed by atoms with Crippen molar-refractivity contribution in [3.8, 4) is 0 Å². The van der Waals surface area contributed by atoms with Crippen LogP contribution < -0.4 is 5.32 Å². The van der Waals surface area contributed by atoms with Crippen molar-refractivity contribution in [3.05, 3.63) is 71.8 Å². The second-order valence-electron chi connectivity index (χ2n) is 6.41. The zero-order chi connectivity index (χ0) is 17.4. The molecule has 4 nitrogen and oxygen atoms in total. The summed E-state index contributed by atoms with van der Waals surface area (Å²) in [5, 5.41) is 12.9. The molecule has 0 saturated heterocycles. The first-order valence-electron chi connectivity index (χ1n) is 8.16. The molecular weight excluding hydrogens is 302 g/mol. The second-order valence-corrected chi connectivity index (χ2v) is 6.41. The Morgan fingerprint density at radius 1 is 1.08 bits per heavy atom. The standard InChI is InChI=1S/C20H25NO3/c1-16(22)20(2,13-17-9-5-3-6-10-17)15-21-19(23)24-14-18-11-7-4-8-12-18/h3-12,16,22H,13-15H2,1-2H3,(H,21,23). The third-order valence-corrected chi connectivity index (χ3v) is 4.31. The summed E-state index contributed by atoms with van der Waals surface area (Å²) in [7, 11) is 0. The molecule has 0 fully saturated rings. The molecule has 2 unspecified atom stereocenters. The van der Waals surface area contributed by atoms with Gasteiger partial charge in [-0.25, -0.2) is 4.79 Å². The zero-order valence-electron chi connectivity index (χ0n) is 14.2. The third-order valence-electron chi connectivity index (χ3n) is 4.31. The van der Waals surface area contributed by atoms with Crippen molar-refractivity contribution >= 4 is 6.09 Å². The van der Waals surface area contributed by atoms with E-state index in [0.717, 1.165) is 11.1 Å². The van der Waals surface area contributed by atoms with E-state index in [9.17, 15) is 9.90 Å². The van der Waals surface area contributed by atoms with Crippen LogP contribution >= 0.6 is 0 Å². The molecular formula is C20H25NO3. The Hall–Kier alpha value is -2.33. The summed E-state index contributed by atoms with van der Waals surface area (Å²) in [6.45, 7) is 4.28. The average molecular weight is 327 g/mol. The zero-order valence-corrected chi connectivity index (χ0v) is 14.2. The number of alkyl carbamates (subject to hydrolysis) is 1. The number of aliphatic hydroxyl groups excluding tert-OH is 1. The van der Waals surface area contributed by atoms with Crippen LogP contribution in [0.15, 0.2) is 60.7 Å². The molecule has 1 amide bonds. The van der Waals surface area contributed by atoms with E-state index in [4.69, 9.17) is 4.74 Å². The second kappa shape index (κ2) is 8.50. The number of nitrogens with one attached hydrogen (secondary N) is 1. The van der Waals surface area contributed by atoms with Gasteiger partial charge in [-0.1, -0.05) is 67.6 Å². The van der Waals surface area contributed by atoms with Crippen LogP contribution in [0.4, 0.5) is 4.79 Å². The fourth-order valence-electron chi connectivity index (χ4n) is 2.47. The summed E-state index contributed by atoms with van der Waals surface area (Å²) >= 11 is 0. The number of aliphatic hydroxyl groups is 1. The van der Waals surface area contributed by atoms with Gasteiger partial charge in [0.1, 0.15) is 6.61 Å². The number of carbonyl (C=O) groups excluding carboxylic acids is 1. The first kappa shape index (κ1) is 18.0. The van der Waals surface area contributed by atoms with E-state index in [1.54, 1.807) is 6.92 Å². The maximum atomic E-state index is 11.9. The van der Waals surface area contributed by atoms with Crippen molar-refractivity contribution in [1.29, 1.82) is 0 Å². The highest BCUT2D eigenvalue weighted by Gasteiger charge is 2.31. The Bertz CT molecular complexity index is 628. The number of rotatable bonds is 7. The monoisotopic (exact) mass is 327 g/mol. The van der Waals surface area contributed by atoms with E-state index in [1.165, 1.54) is 0 Å². The van der Waals surface area contributed by atoms with Gasteiger partial charge in [-0.05, 0) is 24.5 Å². The lowest BCUT2D eigenvalue weighted by atomic mass is 9.79. The van der Waals surface area contributed by atoms with Crippen LogP contribution in [0.5, 0.6) is 0 Å². The van der Waals surface area contributed by atoms with Crippen molar-refractivity contribution in [2.45, 2.75) is 33.0 Å². The largest absolute Gasteiger partial charge is 0.445 e. The Labute approximate surface area is 143 Å². The average Bonchev–Trinajstić information content (AvgIpc) is 2.60. The lowest BCUT2D eigenvalue weighted by Crippen LogP contribution is -2.43. The van der Waals surface area contributed by atoms with Crippen molar-refractivity contribution in [2.24, 2.45) is 5.41 Å². The summed E-state index contributed by atoms with van der Waals surface area (Å²) in [4.78, 5) is 11.9. The normalized spacial score (nSPS) is 14.5. The molecule has 2 aromatic rings. The van der Waals surface area contributed by atoms with E-state index < -0.39 is 17.6 Å². The van der Waals surface area contributed by atoms with E-state index in [1.807, 2.05) is 67.6 Å². The predicted molar refractivity (Wildman–Crippen MR) is 94.6 cm³/mol. The summed E-state index contributed by atoms with van der Waals surface area (Å²) < 4.78 is 5.22. The fourth-order valence-corrected chi connectivity index (χ4v) is 2.47. The van der Waals surface area contributed by atoms with Crippen LogP contribution in [0.2, 0.25) is 0 Å². The number of hydrogen-bond acceptors (Lipinski definition) is 3. The van der Waals surface area contributed by atoms with Crippen LogP contribution in [0.25, 0.3) is 0 Å². The van der Waals surface area contributed by atoms with Gasteiger partial charge in [0.05, 0.1) is 6.10 Å². The van der Waals surface area contributed by atoms with Gasteiger partial charge in [0.2, 0.25) is 0 Å². The lowest BCUT2D eigenvalue weighted by Gasteiger charge is -2.33. The number of amides is 1. The molecule has 2 rings (SSSR count). The Morgan fingerprint density at radius 3 is 2.17 bits per heavy atom. The SMILES string of the molecule is CC(O)C(C)(CNC(=O)OCc1ccccc1)Cc1ccccc1. The first-order chi connectivity index (χ1) is 11.5. The van der Waals surface area contributed by atoms with Crippen molar-refractivity contribution in [2.75, 3.05) is 6.54 Å². The smallest absolute Gasteiger partial charge is 0.407 e. The molecule has 2 N–H and O–H groups in total. The number of hydrogen-bond donors (Lipinski definition) is 2. The molecule has 0 aromatic heterocycles. The minimum atomic E-state index is -0.563. The summed E-state index contributed by atoms with van der Waals surface area (Å²) in [6.07, 6.45) is -0.365. The predicted octanol–water partition coefficient (Wildman–Crippen LogP) is 3.54. The molecule has 0 radical (unpaired) electrons. The van der Waals surface area contributed by atoms with Gasteiger partial charge in [-0.15, -0.1) is 0 Å². The van der Waals surface area contributed by atoms with Crippen LogP contribution in [0.1, 0.15) is 25.0 Å². The van der Waals surface area contributed by atoms with Gasteiger partial charge in [0, 0.05) is 12.0 Å². The molecule has 0 heterocycles.